The Morgan fingerprint density at radius 1 is 1.42 bits per heavy atom. The zero-order valence-corrected chi connectivity index (χ0v) is 13.8. The fourth-order valence-electron chi connectivity index (χ4n) is 2.48. The van der Waals surface area contributed by atoms with E-state index in [1.165, 1.54) is 0 Å². The second-order valence-electron chi connectivity index (χ2n) is 6.17. The molecule has 1 fully saturated rings. The van der Waals surface area contributed by atoms with Crippen LogP contribution >= 0.6 is 0 Å². The van der Waals surface area contributed by atoms with Crippen molar-refractivity contribution in [2.24, 2.45) is 0 Å². The van der Waals surface area contributed by atoms with Gasteiger partial charge in [-0.25, -0.2) is 4.98 Å². The number of pyridine rings is 1. The number of carboxylic acid groups (broad SMARTS) is 1. The quantitative estimate of drug-likeness (QED) is 0.702. The lowest BCUT2D eigenvalue weighted by atomic mass is 9.98. The first-order chi connectivity index (χ1) is 11.8. The van der Waals surface area contributed by atoms with Crippen molar-refractivity contribution in [2.45, 2.75) is 37.8 Å². The zero-order valence-electron chi connectivity index (χ0n) is 13.8. The summed E-state index contributed by atoms with van der Waals surface area (Å²) >= 11 is 0. The van der Waals surface area contributed by atoms with Gasteiger partial charge in [0.2, 0.25) is 0 Å². The third kappa shape index (κ3) is 3.94. The summed E-state index contributed by atoms with van der Waals surface area (Å²) < 4.78 is 44.3. The Labute approximate surface area is 145 Å². The van der Waals surface area contributed by atoms with Crippen LogP contribution in [0.1, 0.15) is 25.1 Å². The van der Waals surface area contributed by atoms with Crippen molar-refractivity contribution < 1.29 is 42.8 Å². The molecule has 0 aromatic carbocycles. The molecule has 2 heterocycles. The van der Waals surface area contributed by atoms with Gasteiger partial charge in [-0.15, -0.1) is 0 Å². The molecule has 1 aliphatic heterocycles. The van der Waals surface area contributed by atoms with E-state index in [0.717, 1.165) is 24.8 Å². The summed E-state index contributed by atoms with van der Waals surface area (Å²) in [5.41, 5.74) is -3.82. The lowest BCUT2D eigenvalue weighted by molar-refractivity contribution is -0.318. The van der Waals surface area contributed by atoms with E-state index in [0.29, 0.717) is 6.07 Å². The maximum absolute atomic E-state index is 13.1. The van der Waals surface area contributed by atoms with Gasteiger partial charge in [-0.1, -0.05) is 0 Å². The molecular formula is C15H16F3N2O6-. The van der Waals surface area contributed by atoms with Gasteiger partial charge in [0, 0.05) is 0 Å². The molecule has 2 atom stereocenters. The second kappa shape index (κ2) is 6.82. The summed E-state index contributed by atoms with van der Waals surface area (Å²) in [5.74, 6) is -3.16. The van der Waals surface area contributed by atoms with E-state index in [1.807, 2.05) is 0 Å². The minimum atomic E-state index is -4.77. The molecule has 1 aromatic heterocycles. The van der Waals surface area contributed by atoms with Crippen LogP contribution in [0.2, 0.25) is 0 Å². The van der Waals surface area contributed by atoms with E-state index in [-0.39, 0.29) is 19.0 Å². The molecule has 1 aromatic rings. The summed E-state index contributed by atoms with van der Waals surface area (Å²) in [6.45, 7) is 1.91. The van der Waals surface area contributed by atoms with E-state index in [4.69, 9.17) is 4.74 Å². The molecule has 1 amide bonds. The van der Waals surface area contributed by atoms with Crippen molar-refractivity contribution in [2.75, 3.05) is 18.1 Å². The lowest BCUT2D eigenvalue weighted by Crippen LogP contribution is -2.57. The highest BCUT2D eigenvalue weighted by Crippen LogP contribution is 2.37. The van der Waals surface area contributed by atoms with Gasteiger partial charge in [-0.3, -0.25) is 9.69 Å². The average Bonchev–Trinajstić information content (AvgIpc) is 2.52. The number of nitrogens with zero attached hydrogens (tertiary/aromatic N) is 2. The number of morpholine rings is 1. The van der Waals surface area contributed by atoms with Gasteiger partial charge in [0.15, 0.2) is 6.10 Å². The number of carbonyl (C=O) groups is 2. The van der Waals surface area contributed by atoms with Gasteiger partial charge in [-0.05, 0) is 26.0 Å². The number of anilines is 1. The Bertz CT molecular complexity index is 716. The lowest BCUT2D eigenvalue weighted by Gasteiger charge is -2.34. The van der Waals surface area contributed by atoms with Gasteiger partial charge < -0.3 is 24.9 Å². The van der Waals surface area contributed by atoms with Crippen LogP contribution in [0.5, 0.6) is 0 Å². The molecular weight excluding hydrogens is 361 g/mol. The van der Waals surface area contributed by atoms with E-state index in [1.54, 1.807) is 0 Å². The number of hydrogen-bond donors (Lipinski definition) is 2. The first-order valence-corrected chi connectivity index (χ1v) is 7.47. The Hall–Kier alpha value is -2.24. The van der Waals surface area contributed by atoms with Crippen molar-refractivity contribution in [1.82, 2.24) is 4.98 Å². The summed E-state index contributed by atoms with van der Waals surface area (Å²) in [7, 11) is 0. The molecule has 0 radical (unpaired) electrons. The van der Waals surface area contributed by atoms with Crippen LogP contribution in [0.4, 0.5) is 19.0 Å². The third-order valence-electron chi connectivity index (χ3n) is 3.69. The van der Waals surface area contributed by atoms with Crippen molar-refractivity contribution in [1.29, 1.82) is 0 Å². The summed E-state index contributed by atoms with van der Waals surface area (Å²) in [5, 5.41) is 30.2. The highest BCUT2D eigenvalue weighted by atomic mass is 19.4. The van der Waals surface area contributed by atoms with Crippen LogP contribution in [-0.4, -0.2) is 52.4 Å². The molecule has 1 aliphatic rings. The molecule has 0 aliphatic carbocycles. The molecule has 26 heavy (non-hydrogen) atoms. The maximum Gasteiger partial charge on any atom is 0.418 e. The summed E-state index contributed by atoms with van der Waals surface area (Å²) in [6.07, 6.45) is -8.79. The highest BCUT2D eigenvalue weighted by molar-refractivity contribution is 5.99. The number of alkyl halides is 3. The normalized spacial score (nSPS) is 20.2. The van der Waals surface area contributed by atoms with Crippen LogP contribution in [0.3, 0.4) is 0 Å². The van der Waals surface area contributed by atoms with Crippen molar-refractivity contribution in [3.05, 3.63) is 23.4 Å². The van der Waals surface area contributed by atoms with E-state index in [2.05, 4.69) is 4.98 Å². The number of aliphatic hydroxyl groups excluding tert-OH is 1. The number of aromatic nitrogens is 1. The standard InChI is InChI=1S/C15H17F3N2O6/c1-14(2,25)11-7(15(16,17)18)3-4-8(19-11)20-5-6-26-10(12(20)22)9(21)13(23)24/h3-4,9-10,21,25H,5-6H2,1-2H3,(H,23,24)/p-1/t9?,10-/m1/s1. The van der Waals surface area contributed by atoms with E-state index in [9.17, 15) is 38.1 Å². The predicted octanol–water partition coefficient (Wildman–Crippen LogP) is -0.830. The number of rotatable bonds is 4. The van der Waals surface area contributed by atoms with Crippen LogP contribution in [0.15, 0.2) is 12.1 Å². The molecule has 144 valence electrons. The number of halogens is 3. The number of hydrogen-bond acceptors (Lipinski definition) is 7. The minimum absolute atomic E-state index is 0.126. The van der Waals surface area contributed by atoms with Crippen molar-refractivity contribution in [3.63, 3.8) is 0 Å². The molecule has 2 N–H and O–H groups in total. The van der Waals surface area contributed by atoms with Crippen LogP contribution < -0.4 is 10.0 Å². The fraction of sp³-hybridized carbons (Fsp3) is 0.533. The van der Waals surface area contributed by atoms with Crippen LogP contribution in [0.25, 0.3) is 0 Å². The Balaban J connectivity index is 2.45. The highest BCUT2D eigenvalue weighted by Gasteiger charge is 2.41. The van der Waals surface area contributed by atoms with E-state index >= 15 is 0 Å². The molecule has 0 saturated carbocycles. The molecule has 0 spiro atoms. The van der Waals surface area contributed by atoms with Gasteiger partial charge in [0.05, 0.1) is 30.4 Å². The molecule has 0 bridgehead atoms. The molecule has 11 heteroatoms. The SMILES string of the molecule is CC(C)(O)c1nc(N2CCO[C@H](C(O)C(=O)[O-])C2=O)ccc1C(F)(F)F. The van der Waals surface area contributed by atoms with Crippen molar-refractivity contribution >= 4 is 17.7 Å². The maximum atomic E-state index is 13.1. The van der Waals surface area contributed by atoms with Crippen molar-refractivity contribution in [3.8, 4) is 0 Å². The van der Waals surface area contributed by atoms with E-state index < -0.39 is 47.1 Å². The first-order valence-electron chi connectivity index (χ1n) is 7.47. The first kappa shape index (κ1) is 20.1. The summed E-state index contributed by atoms with van der Waals surface area (Å²) in [6, 6.07) is 1.59. The molecule has 1 unspecified atom stereocenters. The molecule has 2 rings (SSSR count). The summed E-state index contributed by atoms with van der Waals surface area (Å²) in [4.78, 5) is 27.7. The third-order valence-corrected chi connectivity index (χ3v) is 3.69. The Morgan fingerprint density at radius 2 is 2.04 bits per heavy atom. The smallest absolute Gasteiger partial charge is 0.418 e. The molecule has 8 nitrogen and oxygen atoms in total. The van der Waals surface area contributed by atoms with Crippen LogP contribution in [0, 0.1) is 0 Å². The van der Waals surface area contributed by atoms with Gasteiger partial charge >= 0.3 is 6.18 Å². The van der Waals surface area contributed by atoms with Gasteiger partial charge in [0.1, 0.15) is 17.5 Å². The number of amides is 1. The number of aliphatic carboxylic acids is 1. The Morgan fingerprint density at radius 3 is 2.54 bits per heavy atom. The number of carboxylic acids is 1. The van der Waals surface area contributed by atoms with Crippen LogP contribution in [-0.2, 0) is 26.1 Å². The van der Waals surface area contributed by atoms with Gasteiger partial charge in [-0.2, -0.15) is 13.2 Å². The Kier molecular flexibility index (Phi) is 5.26. The zero-order chi connectivity index (χ0) is 19.9. The topological polar surface area (TPSA) is 123 Å². The fourth-order valence-corrected chi connectivity index (χ4v) is 2.48. The predicted molar refractivity (Wildman–Crippen MR) is 77.6 cm³/mol. The van der Waals surface area contributed by atoms with Gasteiger partial charge in [0.25, 0.3) is 5.91 Å². The number of ether oxygens (including phenoxy) is 1. The largest absolute Gasteiger partial charge is 0.547 e. The number of aliphatic hydroxyl groups is 2. The average molecular weight is 377 g/mol. The molecule has 1 saturated heterocycles. The monoisotopic (exact) mass is 377 g/mol. The number of carbonyl (C=O) groups excluding carboxylic acids is 2. The second-order valence-corrected chi connectivity index (χ2v) is 6.17. The minimum Gasteiger partial charge on any atom is -0.547 e.